The van der Waals surface area contributed by atoms with Crippen LogP contribution in [-0.4, -0.2) is 64.7 Å². The summed E-state index contributed by atoms with van der Waals surface area (Å²) in [7, 11) is -7.49. The van der Waals surface area contributed by atoms with Crippen molar-refractivity contribution < 1.29 is 31.5 Å². The van der Waals surface area contributed by atoms with Gasteiger partial charge in [0.2, 0.25) is 10.0 Å². The summed E-state index contributed by atoms with van der Waals surface area (Å²) >= 11 is 0. The van der Waals surface area contributed by atoms with Crippen molar-refractivity contribution in [3.63, 3.8) is 0 Å². The lowest BCUT2D eigenvalue weighted by molar-refractivity contribution is 0.0696. The van der Waals surface area contributed by atoms with Gasteiger partial charge in [-0.2, -0.15) is 0 Å². The Morgan fingerprint density at radius 2 is 1.72 bits per heavy atom. The van der Waals surface area contributed by atoms with Crippen molar-refractivity contribution in [3.05, 3.63) is 48.0 Å². The van der Waals surface area contributed by atoms with Crippen LogP contribution in [0.15, 0.2) is 52.3 Å². The molecular weight excluding hydrogens is 456 g/mol. The highest BCUT2D eigenvalue weighted by molar-refractivity contribution is 7.90. The van der Waals surface area contributed by atoms with E-state index < -0.39 is 25.8 Å². The third kappa shape index (κ3) is 6.06. The average Bonchev–Trinajstić information content (AvgIpc) is 3.20. The molecule has 1 heterocycles. The number of sulfone groups is 1. The smallest absolute Gasteiger partial charge is 0.335 e. The molecule has 0 aromatic heterocycles. The molecule has 1 aliphatic rings. The third-order valence-electron chi connectivity index (χ3n) is 5.04. The predicted octanol–water partition coefficient (Wildman–Crippen LogP) is 2.34. The quantitative estimate of drug-likeness (QED) is 0.557. The van der Waals surface area contributed by atoms with Crippen LogP contribution in [0.2, 0.25) is 0 Å². The van der Waals surface area contributed by atoms with E-state index in [0.29, 0.717) is 6.54 Å². The fourth-order valence-electron chi connectivity index (χ4n) is 3.55. The average molecular weight is 483 g/mol. The summed E-state index contributed by atoms with van der Waals surface area (Å²) in [6.45, 7) is 4.41. The summed E-state index contributed by atoms with van der Waals surface area (Å²) in [5.41, 5.74) is -0.187. The zero-order valence-corrected chi connectivity index (χ0v) is 19.4. The molecule has 3 rings (SSSR count). The van der Waals surface area contributed by atoms with Gasteiger partial charge in [0.05, 0.1) is 10.5 Å². The Labute approximate surface area is 188 Å². The molecule has 0 bridgehead atoms. The lowest BCUT2D eigenvalue weighted by Crippen LogP contribution is -2.40. The molecule has 174 valence electrons. The molecule has 1 aliphatic heterocycles. The fourth-order valence-corrected chi connectivity index (χ4v) is 5.60. The van der Waals surface area contributed by atoms with E-state index in [2.05, 4.69) is 9.62 Å². The zero-order chi connectivity index (χ0) is 23.5. The van der Waals surface area contributed by atoms with Gasteiger partial charge in [-0.15, -0.1) is 0 Å². The van der Waals surface area contributed by atoms with Crippen LogP contribution in [0.3, 0.4) is 0 Å². The molecule has 1 fully saturated rings. The second-order valence-electron chi connectivity index (χ2n) is 7.84. The van der Waals surface area contributed by atoms with E-state index in [1.54, 1.807) is 0 Å². The molecule has 1 saturated heterocycles. The minimum atomic E-state index is -3.76. The summed E-state index contributed by atoms with van der Waals surface area (Å²) < 4.78 is 57.8. The summed E-state index contributed by atoms with van der Waals surface area (Å²) in [4.78, 5) is 13.2. The normalized spacial score (nSPS) is 16.1. The van der Waals surface area contributed by atoms with Crippen LogP contribution in [0.25, 0.3) is 0 Å². The molecule has 11 heteroatoms. The summed E-state index contributed by atoms with van der Waals surface area (Å²) in [6.07, 6.45) is 3.20. The minimum absolute atomic E-state index is 0.0505. The SMILES string of the molecule is CC(CN1CCCC1)NS(=O)(=O)c1ccc(Oc2ccc(C(=O)O)cc2S(C)(=O)=O)cc1. The lowest BCUT2D eigenvalue weighted by Gasteiger charge is -2.21. The van der Waals surface area contributed by atoms with Crippen molar-refractivity contribution in [2.45, 2.75) is 35.6 Å². The molecule has 2 aromatic rings. The maximum Gasteiger partial charge on any atom is 0.335 e. The highest BCUT2D eigenvalue weighted by Gasteiger charge is 2.22. The van der Waals surface area contributed by atoms with E-state index in [4.69, 9.17) is 9.84 Å². The number of hydrogen-bond acceptors (Lipinski definition) is 7. The van der Waals surface area contributed by atoms with E-state index in [-0.39, 0.29) is 32.9 Å². The molecule has 32 heavy (non-hydrogen) atoms. The first kappa shape index (κ1) is 24.2. The van der Waals surface area contributed by atoms with Crippen LogP contribution in [0.4, 0.5) is 0 Å². The van der Waals surface area contributed by atoms with Crippen LogP contribution >= 0.6 is 0 Å². The van der Waals surface area contributed by atoms with Crippen LogP contribution in [0, 0.1) is 0 Å². The first-order valence-corrected chi connectivity index (χ1v) is 13.4. The Hall–Kier alpha value is -2.47. The Morgan fingerprint density at radius 3 is 2.28 bits per heavy atom. The molecule has 0 amide bonds. The first-order valence-electron chi connectivity index (χ1n) is 10.1. The van der Waals surface area contributed by atoms with Gasteiger partial charge in [0, 0.05) is 18.8 Å². The number of carboxylic acids is 1. The van der Waals surface area contributed by atoms with Gasteiger partial charge in [0.25, 0.3) is 0 Å². The Bertz CT molecular complexity index is 1190. The second-order valence-corrected chi connectivity index (χ2v) is 11.5. The highest BCUT2D eigenvalue weighted by atomic mass is 32.2. The molecule has 2 aromatic carbocycles. The largest absolute Gasteiger partial charge is 0.478 e. The summed E-state index contributed by atoms with van der Waals surface area (Å²) in [6, 6.07) is 8.82. The molecule has 2 N–H and O–H groups in total. The van der Waals surface area contributed by atoms with Gasteiger partial charge in [-0.25, -0.2) is 26.4 Å². The van der Waals surface area contributed by atoms with Gasteiger partial charge in [-0.05, 0) is 75.3 Å². The van der Waals surface area contributed by atoms with E-state index in [0.717, 1.165) is 38.3 Å². The number of nitrogens with one attached hydrogen (secondary N) is 1. The van der Waals surface area contributed by atoms with E-state index in [1.165, 1.54) is 36.4 Å². The number of ether oxygens (including phenoxy) is 1. The van der Waals surface area contributed by atoms with E-state index in [1.807, 2.05) is 6.92 Å². The molecule has 0 saturated carbocycles. The molecule has 0 radical (unpaired) electrons. The maximum absolute atomic E-state index is 12.7. The summed E-state index contributed by atoms with van der Waals surface area (Å²) in [5.74, 6) is -1.10. The van der Waals surface area contributed by atoms with E-state index in [9.17, 15) is 21.6 Å². The van der Waals surface area contributed by atoms with Gasteiger partial charge in [-0.1, -0.05) is 0 Å². The molecular formula is C21H26N2O7S2. The number of hydrogen-bond donors (Lipinski definition) is 2. The van der Waals surface area contributed by atoms with Crippen LogP contribution in [0.1, 0.15) is 30.1 Å². The molecule has 0 aliphatic carbocycles. The van der Waals surface area contributed by atoms with Crippen LogP contribution in [-0.2, 0) is 19.9 Å². The number of benzene rings is 2. The lowest BCUT2D eigenvalue weighted by atomic mass is 10.2. The van der Waals surface area contributed by atoms with Gasteiger partial charge in [0.1, 0.15) is 16.4 Å². The predicted molar refractivity (Wildman–Crippen MR) is 118 cm³/mol. The second kappa shape index (κ2) is 9.57. The fraction of sp³-hybridized carbons (Fsp3) is 0.381. The van der Waals surface area contributed by atoms with Gasteiger partial charge in [0.15, 0.2) is 9.84 Å². The minimum Gasteiger partial charge on any atom is -0.478 e. The Morgan fingerprint density at radius 1 is 1.09 bits per heavy atom. The molecule has 1 unspecified atom stereocenters. The third-order valence-corrected chi connectivity index (χ3v) is 7.76. The van der Waals surface area contributed by atoms with Gasteiger partial charge >= 0.3 is 5.97 Å². The summed E-state index contributed by atoms with van der Waals surface area (Å²) in [5, 5.41) is 9.10. The van der Waals surface area contributed by atoms with Gasteiger partial charge in [-0.3, -0.25) is 0 Å². The number of nitrogens with zero attached hydrogens (tertiary/aromatic N) is 1. The van der Waals surface area contributed by atoms with Gasteiger partial charge < -0.3 is 14.7 Å². The first-order chi connectivity index (χ1) is 15.0. The van der Waals surface area contributed by atoms with Crippen LogP contribution < -0.4 is 9.46 Å². The monoisotopic (exact) mass is 482 g/mol. The van der Waals surface area contributed by atoms with Crippen molar-refractivity contribution in [1.29, 1.82) is 0 Å². The Balaban J connectivity index is 1.75. The number of likely N-dealkylation sites (tertiary alicyclic amines) is 1. The number of carbonyl (C=O) groups is 1. The van der Waals surface area contributed by atoms with Crippen molar-refractivity contribution in [2.24, 2.45) is 0 Å². The molecule has 0 spiro atoms. The standard InChI is InChI=1S/C21H26N2O7S2/c1-15(14-23-11-3-4-12-23)22-32(28,29)18-8-6-17(7-9-18)30-19-10-5-16(21(24)25)13-20(19)31(2,26)27/h5-10,13,15,22H,3-4,11-12,14H2,1-2H3,(H,24,25). The maximum atomic E-state index is 12.7. The highest BCUT2D eigenvalue weighted by Crippen LogP contribution is 2.30. The number of aromatic carboxylic acids is 1. The Kier molecular flexibility index (Phi) is 7.23. The molecule has 1 atom stereocenters. The van der Waals surface area contributed by atoms with Crippen molar-refractivity contribution in [1.82, 2.24) is 9.62 Å². The zero-order valence-electron chi connectivity index (χ0n) is 17.8. The topological polar surface area (TPSA) is 130 Å². The van der Waals surface area contributed by atoms with Crippen molar-refractivity contribution >= 4 is 25.8 Å². The van der Waals surface area contributed by atoms with E-state index >= 15 is 0 Å². The van der Waals surface area contributed by atoms with Crippen molar-refractivity contribution in [3.8, 4) is 11.5 Å². The number of carboxylic acid groups (broad SMARTS) is 1. The number of sulfonamides is 1. The van der Waals surface area contributed by atoms with Crippen molar-refractivity contribution in [2.75, 3.05) is 25.9 Å². The number of rotatable bonds is 9. The molecule has 9 nitrogen and oxygen atoms in total. The van der Waals surface area contributed by atoms with Crippen LogP contribution in [0.5, 0.6) is 11.5 Å².